The van der Waals surface area contributed by atoms with Crippen molar-refractivity contribution in [2.24, 2.45) is 0 Å². The van der Waals surface area contributed by atoms with Gasteiger partial charge in [0, 0.05) is 55.9 Å². The van der Waals surface area contributed by atoms with Crippen molar-refractivity contribution >= 4 is 11.6 Å². The van der Waals surface area contributed by atoms with E-state index in [1.807, 2.05) is 30.0 Å². The lowest BCUT2D eigenvalue weighted by Crippen LogP contribution is -2.47. The number of anilines is 1. The molecule has 1 amide bonds. The summed E-state index contributed by atoms with van der Waals surface area (Å²) in [5.74, 6) is 0.510. The highest BCUT2D eigenvalue weighted by Gasteiger charge is 2.24. The van der Waals surface area contributed by atoms with E-state index in [0.717, 1.165) is 61.5 Å². The molecule has 0 N–H and O–H groups in total. The van der Waals surface area contributed by atoms with Gasteiger partial charge in [0.1, 0.15) is 0 Å². The summed E-state index contributed by atoms with van der Waals surface area (Å²) >= 11 is 0. The zero-order valence-electron chi connectivity index (χ0n) is 24.7. The van der Waals surface area contributed by atoms with Crippen molar-refractivity contribution in [3.8, 4) is 0 Å². The summed E-state index contributed by atoms with van der Waals surface area (Å²) < 4.78 is 0. The van der Waals surface area contributed by atoms with Crippen LogP contribution in [0.2, 0.25) is 0 Å². The molecule has 4 nitrogen and oxygen atoms in total. The molecule has 0 aromatic heterocycles. The van der Waals surface area contributed by atoms with E-state index in [4.69, 9.17) is 0 Å². The van der Waals surface area contributed by atoms with Crippen molar-refractivity contribution in [1.29, 1.82) is 0 Å². The van der Waals surface area contributed by atoms with Crippen LogP contribution in [0.15, 0.2) is 109 Å². The van der Waals surface area contributed by atoms with E-state index in [1.165, 1.54) is 11.1 Å². The first-order chi connectivity index (χ1) is 20.0. The van der Waals surface area contributed by atoms with E-state index >= 15 is 0 Å². The highest BCUT2D eigenvalue weighted by Crippen LogP contribution is 2.29. The molecule has 1 aliphatic heterocycles. The second kappa shape index (κ2) is 13.6. The first-order valence-corrected chi connectivity index (χ1v) is 15.0. The van der Waals surface area contributed by atoms with Crippen molar-refractivity contribution in [3.63, 3.8) is 0 Å². The lowest BCUT2D eigenvalue weighted by Gasteiger charge is -2.37. The topological polar surface area (TPSA) is 26.8 Å². The Morgan fingerprint density at radius 3 is 1.88 bits per heavy atom. The molecule has 1 heterocycles. The minimum atomic E-state index is 0.106. The molecular weight excluding hydrogens is 502 g/mol. The first-order valence-electron chi connectivity index (χ1n) is 15.0. The minimum Gasteiger partial charge on any atom is -0.369 e. The van der Waals surface area contributed by atoms with Crippen molar-refractivity contribution in [3.05, 3.63) is 137 Å². The van der Waals surface area contributed by atoms with E-state index in [1.54, 1.807) is 0 Å². The van der Waals surface area contributed by atoms with Crippen LogP contribution >= 0.6 is 0 Å². The van der Waals surface area contributed by atoms with Crippen LogP contribution in [-0.2, 0) is 6.54 Å². The van der Waals surface area contributed by atoms with Gasteiger partial charge in [0.15, 0.2) is 0 Å². The van der Waals surface area contributed by atoms with Crippen LogP contribution in [0.4, 0.5) is 5.69 Å². The fourth-order valence-electron chi connectivity index (χ4n) is 5.90. The largest absolute Gasteiger partial charge is 0.369 e. The number of rotatable bonds is 10. The third kappa shape index (κ3) is 7.25. The van der Waals surface area contributed by atoms with Gasteiger partial charge in [-0.15, -0.1) is 0 Å². The minimum absolute atomic E-state index is 0.106. The number of piperazine rings is 1. The highest BCUT2D eigenvalue weighted by atomic mass is 16.2. The molecule has 1 fully saturated rings. The number of hydrogen-bond acceptors (Lipinski definition) is 3. The Morgan fingerprint density at radius 1 is 0.756 bits per heavy atom. The van der Waals surface area contributed by atoms with Gasteiger partial charge < -0.3 is 9.80 Å². The van der Waals surface area contributed by atoms with E-state index < -0.39 is 0 Å². The van der Waals surface area contributed by atoms with Gasteiger partial charge in [0.05, 0.1) is 0 Å². The van der Waals surface area contributed by atoms with Gasteiger partial charge in [-0.3, -0.25) is 9.69 Å². The van der Waals surface area contributed by atoms with Gasteiger partial charge in [0.25, 0.3) is 5.91 Å². The summed E-state index contributed by atoms with van der Waals surface area (Å²) in [6, 6.07) is 38.6. The molecule has 0 unspecified atom stereocenters. The fourth-order valence-corrected chi connectivity index (χ4v) is 5.90. The average Bonchev–Trinajstić information content (AvgIpc) is 3.02. The monoisotopic (exact) mass is 545 g/mol. The molecule has 1 saturated heterocycles. The van der Waals surface area contributed by atoms with Crippen molar-refractivity contribution < 1.29 is 4.79 Å². The Kier molecular flexibility index (Phi) is 9.53. The number of hydrogen-bond donors (Lipinski definition) is 0. The maximum atomic E-state index is 13.8. The van der Waals surface area contributed by atoms with Gasteiger partial charge in [-0.2, -0.15) is 0 Å². The van der Waals surface area contributed by atoms with Gasteiger partial charge in [-0.1, -0.05) is 97.1 Å². The fraction of sp³-hybridized carbons (Fsp3) is 0.324. The quantitative estimate of drug-likeness (QED) is 0.208. The number of nitrogens with zero attached hydrogens (tertiary/aromatic N) is 3. The molecule has 4 aromatic rings. The van der Waals surface area contributed by atoms with Crippen molar-refractivity contribution in [2.45, 2.75) is 45.7 Å². The van der Waals surface area contributed by atoms with E-state index in [0.29, 0.717) is 12.5 Å². The molecule has 1 aliphatic rings. The lowest BCUT2D eigenvalue weighted by molar-refractivity contribution is 0.0689. The van der Waals surface area contributed by atoms with E-state index in [2.05, 4.69) is 115 Å². The number of carbonyl (C=O) groups is 1. The van der Waals surface area contributed by atoms with Gasteiger partial charge in [0.2, 0.25) is 0 Å². The maximum absolute atomic E-state index is 13.8. The third-order valence-corrected chi connectivity index (χ3v) is 8.41. The molecular formula is C37H43N3O. The normalized spacial score (nSPS) is 14.0. The summed E-state index contributed by atoms with van der Waals surface area (Å²) in [5.41, 5.74) is 6.91. The first kappa shape index (κ1) is 28.6. The second-order valence-corrected chi connectivity index (χ2v) is 11.5. The highest BCUT2D eigenvalue weighted by molar-refractivity contribution is 5.96. The van der Waals surface area contributed by atoms with Crippen molar-refractivity contribution in [1.82, 2.24) is 9.80 Å². The van der Waals surface area contributed by atoms with E-state index in [9.17, 15) is 4.79 Å². The van der Waals surface area contributed by atoms with Crippen LogP contribution in [0.3, 0.4) is 0 Å². The van der Waals surface area contributed by atoms with Crippen LogP contribution in [-0.4, -0.2) is 54.5 Å². The smallest absolute Gasteiger partial charge is 0.254 e. The number of benzene rings is 4. The predicted molar refractivity (Wildman–Crippen MR) is 171 cm³/mol. The summed E-state index contributed by atoms with van der Waals surface area (Å²) in [7, 11) is 0. The average molecular weight is 546 g/mol. The molecule has 0 atom stereocenters. The van der Waals surface area contributed by atoms with E-state index in [-0.39, 0.29) is 11.9 Å². The zero-order chi connectivity index (χ0) is 28.6. The lowest BCUT2D eigenvalue weighted by atomic mass is 9.88. The standard InChI is InChI=1S/C37H43N3O/c1-29(2)40(28-31-13-7-4-8-14-31)37(41)36-27-34(20-19-30(36)3)39-25-23-38(24-26-39)22-21-35(32-15-9-5-10-16-32)33-17-11-6-12-18-33/h4-20,27,29,35H,21-26,28H2,1-3H3. The van der Waals surface area contributed by atoms with Gasteiger partial charge >= 0.3 is 0 Å². The second-order valence-electron chi connectivity index (χ2n) is 11.5. The Morgan fingerprint density at radius 2 is 1.32 bits per heavy atom. The van der Waals surface area contributed by atoms with Crippen LogP contribution in [0.25, 0.3) is 0 Å². The molecule has 4 heteroatoms. The van der Waals surface area contributed by atoms with Gasteiger partial charge in [-0.05, 0) is 68.1 Å². The molecule has 0 saturated carbocycles. The summed E-state index contributed by atoms with van der Waals surface area (Å²) in [6.07, 6.45) is 1.10. The molecule has 0 spiro atoms. The maximum Gasteiger partial charge on any atom is 0.254 e. The molecule has 41 heavy (non-hydrogen) atoms. The molecule has 0 radical (unpaired) electrons. The van der Waals surface area contributed by atoms with Crippen LogP contribution in [0.5, 0.6) is 0 Å². The van der Waals surface area contributed by atoms with Crippen LogP contribution in [0.1, 0.15) is 58.8 Å². The number of carbonyl (C=O) groups excluding carboxylic acids is 1. The number of aryl methyl sites for hydroxylation is 1. The molecule has 0 bridgehead atoms. The van der Waals surface area contributed by atoms with Crippen molar-refractivity contribution in [2.75, 3.05) is 37.6 Å². The SMILES string of the molecule is Cc1ccc(N2CCN(CCC(c3ccccc3)c3ccccc3)CC2)cc1C(=O)N(Cc1ccccc1)C(C)C. The van der Waals surface area contributed by atoms with Gasteiger partial charge in [-0.25, -0.2) is 0 Å². The Hall–Kier alpha value is -3.89. The summed E-state index contributed by atoms with van der Waals surface area (Å²) in [5, 5.41) is 0. The Bertz CT molecular complexity index is 1340. The van der Waals surface area contributed by atoms with Crippen LogP contribution < -0.4 is 4.90 Å². The zero-order valence-corrected chi connectivity index (χ0v) is 24.7. The molecule has 5 rings (SSSR count). The summed E-state index contributed by atoms with van der Waals surface area (Å²) in [6.45, 7) is 11.9. The summed E-state index contributed by atoms with van der Waals surface area (Å²) in [4.78, 5) is 20.8. The Balaban J connectivity index is 1.22. The third-order valence-electron chi connectivity index (χ3n) is 8.41. The number of amides is 1. The molecule has 0 aliphatic carbocycles. The van der Waals surface area contributed by atoms with Crippen LogP contribution in [0, 0.1) is 6.92 Å². The molecule has 4 aromatic carbocycles. The Labute approximate surface area is 246 Å². The predicted octanol–water partition coefficient (Wildman–Crippen LogP) is 7.39. The molecule has 212 valence electrons.